The molecule has 4 nitrogen and oxygen atoms in total. The minimum Gasteiger partial charge on any atom is -0.366 e. The van der Waals surface area contributed by atoms with Crippen LogP contribution >= 0.6 is 11.3 Å². The first-order valence-electron chi connectivity index (χ1n) is 10.3. The summed E-state index contributed by atoms with van der Waals surface area (Å²) in [5.41, 5.74) is 3.69. The Morgan fingerprint density at radius 3 is 2.41 bits per heavy atom. The van der Waals surface area contributed by atoms with Crippen LogP contribution in [0, 0.1) is 0 Å². The average molecular weight is 402 g/mol. The van der Waals surface area contributed by atoms with E-state index < -0.39 is 0 Å². The highest BCUT2D eigenvalue weighted by Crippen LogP contribution is 2.35. The molecule has 1 saturated heterocycles. The number of nitrogens with zero attached hydrogens (tertiary/aromatic N) is 2. The monoisotopic (exact) mass is 401 g/mol. The first kappa shape index (κ1) is 18.3. The third kappa shape index (κ3) is 4.16. The molecule has 1 aliphatic heterocycles. The van der Waals surface area contributed by atoms with Crippen molar-refractivity contribution in [2.24, 2.45) is 0 Å². The number of hydrogen-bond acceptors (Lipinski definition) is 4. The molecule has 0 saturated carbocycles. The van der Waals surface area contributed by atoms with Crippen LogP contribution in [0.2, 0.25) is 0 Å². The van der Waals surface area contributed by atoms with Gasteiger partial charge < -0.3 is 10.2 Å². The molecule has 2 aromatic carbocycles. The molecule has 0 amide bonds. The molecule has 2 N–H and O–H groups in total. The number of likely N-dealkylation sites (tertiary alicyclic amines) is 1. The quantitative estimate of drug-likeness (QED) is 0.531. The van der Waals surface area contributed by atoms with Crippen molar-refractivity contribution in [3.8, 4) is 10.4 Å². The largest absolute Gasteiger partial charge is 0.366 e. The number of rotatable bonds is 5. The minimum atomic E-state index is 0.481. The van der Waals surface area contributed by atoms with E-state index in [9.17, 15) is 0 Å². The van der Waals surface area contributed by atoms with Gasteiger partial charge in [0.15, 0.2) is 0 Å². The van der Waals surface area contributed by atoms with E-state index in [4.69, 9.17) is 0 Å². The first-order valence-corrected chi connectivity index (χ1v) is 11.1. The van der Waals surface area contributed by atoms with Crippen LogP contribution in [0.4, 0.5) is 5.82 Å². The lowest BCUT2D eigenvalue weighted by atomic mass is 10.0. The Kier molecular flexibility index (Phi) is 5.24. The van der Waals surface area contributed by atoms with Gasteiger partial charge in [0.25, 0.3) is 0 Å². The topological polar surface area (TPSA) is 42.2 Å². The summed E-state index contributed by atoms with van der Waals surface area (Å²) in [6, 6.07) is 24.0. The molecule has 0 atom stereocenters. The Labute approximate surface area is 175 Å². The van der Waals surface area contributed by atoms with Crippen molar-refractivity contribution in [3.63, 3.8) is 0 Å². The van der Waals surface area contributed by atoms with Crippen LogP contribution in [-0.2, 0) is 6.54 Å². The highest BCUT2D eigenvalue weighted by molar-refractivity contribution is 7.22. The van der Waals surface area contributed by atoms with Crippen LogP contribution in [0.25, 0.3) is 20.7 Å². The highest BCUT2D eigenvalue weighted by atomic mass is 32.1. The summed E-state index contributed by atoms with van der Waals surface area (Å²) in [4.78, 5) is 12.0. The van der Waals surface area contributed by atoms with E-state index in [1.807, 2.05) is 0 Å². The molecule has 0 aliphatic carbocycles. The lowest BCUT2D eigenvalue weighted by Gasteiger charge is -2.30. The number of thiophene rings is 1. The smallest absolute Gasteiger partial charge is 0.147 e. The Morgan fingerprint density at radius 2 is 1.66 bits per heavy atom. The van der Waals surface area contributed by atoms with Gasteiger partial charge in [0, 0.05) is 29.3 Å². The fourth-order valence-corrected chi connectivity index (χ4v) is 5.20. The molecule has 1 aliphatic rings. The molecule has 1 fully saturated rings. The molecular formula is C24H25N4S+. The number of anilines is 1. The first-order chi connectivity index (χ1) is 14.3. The van der Waals surface area contributed by atoms with Gasteiger partial charge in [-0.3, -0.25) is 0 Å². The maximum atomic E-state index is 4.58. The van der Waals surface area contributed by atoms with Gasteiger partial charge in [0.05, 0.1) is 23.3 Å². The van der Waals surface area contributed by atoms with Crippen molar-refractivity contribution in [1.29, 1.82) is 0 Å². The van der Waals surface area contributed by atoms with E-state index in [0.717, 1.165) is 22.6 Å². The zero-order valence-corrected chi connectivity index (χ0v) is 17.2. The van der Waals surface area contributed by atoms with Gasteiger partial charge in [-0.1, -0.05) is 60.7 Å². The summed E-state index contributed by atoms with van der Waals surface area (Å²) in [5.74, 6) is 0.985. The van der Waals surface area contributed by atoms with Gasteiger partial charge in [0.1, 0.15) is 18.7 Å². The van der Waals surface area contributed by atoms with Gasteiger partial charge in [-0.25, -0.2) is 9.97 Å². The Morgan fingerprint density at radius 1 is 0.931 bits per heavy atom. The average Bonchev–Trinajstić information content (AvgIpc) is 3.22. The summed E-state index contributed by atoms with van der Waals surface area (Å²) < 4.78 is 1.16. The second-order valence-corrected chi connectivity index (χ2v) is 8.80. The predicted octanol–water partition coefficient (Wildman–Crippen LogP) is 4.02. The fraction of sp³-hybridized carbons (Fsp3) is 0.250. The summed E-state index contributed by atoms with van der Waals surface area (Å²) >= 11 is 1.78. The molecular weight excluding hydrogens is 376 g/mol. The molecule has 5 rings (SSSR count). The van der Waals surface area contributed by atoms with Crippen LogP contribution in [-0.4, -0.2) is 29.1 Å². The van der Waals surface area contributed by atoms with E-state index >= 15 is 0 Å². The van der Waals surface area contributed by atoms with E-state index in [1.165, 1.54) is 41.9 Å². The van der Waals surface area contributed by atoms with Crippen molar-refractivity contribution in [2.75, 3.05) is 18.4 Å². The van der Waals surface area contributed by atoms with Gasteiger partial charge in [-0.2, -0.15) is 0 Å². The Balaban J connectivity index is 1.27. The Bertz CT molecular complexity index is 1070. The zero-order valence-electron chi connectivity index (χ0n) is 16.3. The van der Waals surface area contributed by atoms with Crippen LogP contribution in [0.1, 0.15) is 18.4 Å². The number of benzene rings is 2. The van der Waals surface area contributed by atoms with E-state index in [0.29, 0.717) is 6.04 Å². The lowest BCUT2D eigenvalue weighted by molar-refractivity contribution is -0.918. The molecule has 4 aromatic rings. The SMILES string of the molecule is c1ccc(C[NH+]2CCC(Nc3ncnc4cc(-c5ccccc5)sc34)CC2)cc1. The van der Waals surface area contributed by atoms with Crippen molar-refractivity contribution < 1.29 is 4.90 Å². The van der Waals surface area contributed by atoms with Crippen molar-refractivity contribution >= 4 is 27.4 Å². The van der Waals surface area contributed by atoms with Gasteiger partial charge in [-0.05, 0) is 11.6 Å². The van der Waals surface area contributed by atoms with Gasteiger partial charge >= 0.3 is 0 Å². The number of nitrogens with one attached hydrogen (secondary N) is 2. The van der Waals surface area contributed by atoms with Crippen LogP contribution in [0.15, 0.2) is 73.1 Å². The zero-order chi connectivity index (χ0) is 19.5. The summed E-state index contributed by atoms with van der Waals surface area (Å²) in [6.07, 6.45) is 4.02. The van der Waals surface area contributed by atoms with E-state index in [-0.39, 0.29) is 0 Å². The molecule has 5 heteroatoms. The molecule has 3 heterocycles. The summed E-state index contributed by atoms with van der Waals surface area (Å²) in [7, 11) is 0. The minimum absolute atomic E-state index is 0.481. The lowest BCUT2D eigenvalue weighted by Crippen LogP contribution is -3.12. The second-order valence-electron chi connectivity index (χ2n) is 7.74. The van der Waals surface area contributed by atoms with E-state index in [2.05, 4.69) is 82.0 Å². The van der Waals surface area contributed by atoms with Crippen LogP contribution < -0.4 is 10.2 Å². The molecule has 0 spiro atoms. The van der Waals surface area contributed by atoms with Crippen molar-refractivity contribution in [1.82, 2.24) is 9.97 Å². The normalized spacial score (nSPS) is 19.3. The molecule has 0 bridgehead atoms. The van der Waals surface area contributed by atoms with Crippen LogP contribution in [0.5, 0.6) is 0 Å². The maximum absolute atomic E-state index is 4.58. The van der Waals surface area contributed by atoms with Crippen LogP contribution in [0.3, 0.4) is 0 Å². The predicted molar refractivity (Wildman–Crippen MR) is 120 cm³/mol. The highest BCUT2D eigenvalue weighted by Gasteiger charge is 2.23. The Hall–Kier alpha value is -2.76. The summed E-state index contributed by atoms with van der Waals surface area (Å²) in [5, 5.41) is 3.72. The standard InChI is InChI=1S/C24H24N4S/c1-3-7-18(8-4-1)16-28-13-11-20(12-14-28)27-24-23-21(25-17-26-24)15-22(29-23)19-9-5-2-6-10-19/h1-10,15,17,20H,11-14,16H2,(H,25,26,27)/p+1. The number of quaternary nitrogens is 1. The van der Waals surface area contributed by atoms with Gasteiger partial charge in [-0.15, -0.1) is 11.3 Å². The molecule has 29 heavy (non-hydrogen) atoms. The van der Waals surface area contributed by atoms with Crippen molar-refractivity contribution in [2.45, 2.75) is 25.4 Å². The molecule has 146 valence electrons. The fourth-order valence-electron chi connectivity index (χ4n) is 4.13. The number of hydrogen-bond donors (Lipinski definition) is 2. The van der Waals surface area contributed by atoms with E-state index in [1.54, 1.807) is 22.6 Å². The molecule has 0 radical (unpaired) electrons. The number of fused-ring (bicyclic) bond motifs is 1. The molecule has 2 aromatic heterocycles. The van der Waals surface area contributed by atoms with Crippen molar-refractivity contribution in [3.05, 3.63) is 78.6 Å². The number of piperidine rings is 1. The second kappa shape index (κ2) is 8.31. The number of aromatic nitrogens is 2. The summed E-state index contributed by atoms with van der Waals surface area (Å²) in [6.45, 7) is 3.51. The maximum Gasteiger partial charge on any atom is 0.147 e. The third-order valence-corrected chi connectivity index (χ3v) is 6.88. The van der Waals surface area contributed by atoms with Gasteiger partial charge in [0.2, 0.25) is 0 Å². The third-order valence-electron chi connectivity index (χ3n) is 5.70. The molecule has 0 unspecified atom stereocenters.